The van der Waals surface area contributed by atoms with E-state index in [2.05, 4.69) is 29.4 Å². The molecule has 2 N–H and O–H groups in total. The van der Waals surface area contributed by atoms with Crippen LogP contribution in [0.5, 0.6) is 0 Å². The Hall–Kier alpha value is -0.810. The van der Waals surface area contributed by atoms with Crippen molar-refractivity contribution in [2.75, 3.05) is 46.4 Å². The molecule has 2 fully saturated rings. The number of guanidine groups is 1. The van der Waals surface area contributed by atoms with Crippen molar-refractivity contribution in [1.29, 1.82) is 0 Å². The number of methoxy groups -OCH3 is 1. The molecule has 0 radical (unpaired) electrons. The highest BCUT2D eigenvalue weighted by Crippen LogP contribution is 2.41. The summed E-state index contributed by atoms with van der Waals surface area (Å²) < 4.78 is 5.16. The third-order valence-electron chi connectivity index (χ3n) is 6.08. The molecule has 2 aliphatic rings. The molecule has 0 atom stereocenters. The van der Waals surface area contributed by atoms with E-state index >= 15 is 0 Å². The summed E-state index contributed by atoms with van der Waals surface area (Å²) in [7, 11) is 1.78. The number of nitrogens with one attached hydrogen (secondary N) is 2. The van der Waals surface area contributed by atoms with Crippen LogP contribution in [0.2, 0.25) is 0 Å². The van der Waals surface area contributed by atoms with E-state index in [9.17, 15) is 0 Å². The molecule has 1 saturated heterocycles. The van der Waals surface area contributed by atoms with Gasteiger partial charge in [-0.1, -0.05) is 19.8 Å². The Labute approximate surface area is 155 Å². The van der Waals surface area contributed by atoms with Crippen LogP contribution in [-0.4, -0.2) is 63.3 Å². The van der Waals surface area contributed by atoms with Gasteiger partial charge in [0, 0.05) is 52.5 Å². The van der Waals surface area contributed by atoms with Gasteiger partial charge in [-0.25, -0.2) is 0 Å². The molecule has 2 rings (SSSR count). The lowest BCUT2D eigenvalue weighted by Crippen LogP contribution is -2.49. The third kappa shape index (κ3) is 6.78. The second-order valence-corrected chi connectivity index (χ2v) is 7.86. The van der Waals surface area contributed by atoms with Crippen molar-refractivity contribution in [3.63, 3.8) is 0 Å². The zero-order valence-corrected chi connectivity index (χ0v) is 16.8. The van der Waals surface area contributed by atoms with Gasteiger partial charge in [0.2, 0.25) is 0 Å². The lowest BCUT2D eigenvalue weighted by Gasteiger charge is -2.33. The summed E-state index contributed by atoms with van der Waals surface area (Å²) in [6.07, 6.45) is 10.3. The molecule has 1 aliphatic carbocycles. The second kappa shape index (κ2) is 11.0. The van der Waals surface area contributed by atoms with Gasteiger partial charge in [0.25, 0.3) is 0 Å². The maximum absolute atomic E-state index is 5.16. The van der Waals surface area contributed by atoms with E-state index in [-0.39, 0.29) is 0 Å². The van der Waals surface area contributed by atoms with Crippen LogP contribution in [0.3, 0.4) is 0 Å². The van der Waals surface area contributed by atoms with Crippen molar-refractivity contribution >= 4 is 5.96 Å². The Kier molecular flexibility index (Phi) is 9.04. The quantitative estimate of drug-likeness (QED) is 0.380. The summed E-state index contributed by atoms with van der Waals surface area (Å²) in [5, 5.41) is 7.15. The number of rotatable bonds is 9. The van der Waals surface area contributed by atoms with Crippen LogP contribution in [0.15, 0.2) is 4.99 Å². The van der Waals surface area contributed by atoms with Gasteiger partial charge in [-0.15, -0.1) is 0 Å². The highest BCUT2D eigenvalue weighted by Gasteiger charge is 2.31. The molecule has 0 bridgehead atoms. The van der Waals surface area contributed by atoms with Crippen LogP contribution in [0.1, 0.15) is 65.2 Å². The monoisotopic (exact) mass is 352 g/mol. The molecular weight excluding hydrogens is 312 g/mol. The van der Waals surface area contributed by atoms with E-state index in [1.807, 2.05) is 0 Å². The van der Waals surface area contributed by atoms with Gasteiger partial charge in [-0.2, -0.15) is 0 Å². The molecule has 1 aliphatic heterocycles. The highest BCUT2D eigenvalue weighted by atomic mass is 16.5. The summed E-state index contributed by atoms with van der Waals surface area (Å²) in [5.41, 5.74) is 0.465. The number of aliphatic imine (C=N–C) groups is 1. The molecule has 0 unspecified atom stereocenters. The summed E-state index contributed by atoms with van der Waals surface area (Å²) in [6, 6.07) is 0.553. The fraction of sp³-hybridized carbons (Fsp3) is 0.950. The Morgan fingerprint density at radius 1 is 1.20 bits per heavy atom. The van der Waals surface area contributed by atoms with Gasteiger partial charge in [0.05, 0.1) is 0 Å². The first-order valence-corrected chi connectivity index (χ1v) is 10.5. The fourth-order valence-electron chi connectivity index (χ4n) is 4.24. The Morgan fingerprint density at radius 2 is 1.92 bits per heavy atom. The smallest absolute Gasteiger partial charge is 0.191 e. The lowest BCUT2D eigenvalue weighted by molar-refractivity contribution is 0.155. The molecule has 0 aromatic rings. The molecule has 0 aromatic carbocycles. The van der Waals surface area contributed by atoms with Crippen molar-refractivity contribution in [2.24, 2.45) is 10.4 Å². The fourth-order valence-corrected chi connectivity index (χ4v) is 4.24. The second-order valence-electron chi connectivity index (χ2n) is 7.86. The minimum atomic E-state index is 0.465. The Morgan fingerprint density at radius 3 is 2.52 bits per heavy atom. The molecule has 1 saturated carbocycles. The first-order valence-electron chi connectivity index (χ1n) is 10.5. The predicted octanol–water partition coefficient (Wildman–Crippen LogP) is 3.01. The number of nitrogens with zero attached hydrogens (tertiary/aromatic N) is 2. The minimum absolute atomic E-state index is 0.465. The Balaban J connectivity index is 1.78. The normalized spacial score (nSPS) is 22.3. The van der Waals surface area contributed by atoms with E-state index in [4.69, 9.17) is 9.73 Å². The number of piperidine rings is 1. The largest absolute Gasteiger partial charge is 0.385 e. The summed E-state index contributed by atoms with van der Waals surface area (Å²) in [4.78, 5) is 7.54. The average Bonchev–Trinajstić information content (AvgIpc) is 3.11. The molecule has 146 valence electrons. The zero-order valence-electron chi connectivity index (χ0n) is 16.8. The minimum Gasteiger partial charge on any atom is -0.385 e. The molecular formula is C20H40N4O. The number of hydrogen-bond acceptors (Lipinski definition) is 3. The van der Waals surface area contributed by atoms with Crippen molar-refractivity contribution in [3.8, 4) is 0 Å². The van der Waals surface area contributed by atoms with Crippen LogP contribution in [0.25, 0.3) is 0 Å². The first-order chi connectivity index (χ1) is 12.2. The Bertz CT molecular complexity index is 385. The van der Waals surface area contributed by atoms with Gasteiger partial charge in [0.1, 0.15) is 0 Å². The van der Waals surface area contributed by atoms with E-state index < -0.39 is 0 Å². The van der Waals surface area contributed by atoms with Crippen LogP contribution in [0, 0.1) is 5.41 Å². The van der Waals surface area contributed by atoms with Crippen LogP contribution in [-0.2, 0) is 4.74 Å². The maximum Gasteiger partial charge on any atom is 0.191 e. The molecule has 0 aromatic heterocycles. The highest BCUT2D eigenvalue weighted by molar-refractivity contribution is 5.80. The van der Waals surface area contributed by atoms with Crippen molar-refractivity contribution in [2.45, 2.75) is 71.3 Å². The number of likely N-dealkylation sites (tertiary alicyclic amines) is 1. The van der Waals surface area contributed by atoms with Crippen LogP contribution in [0.4, 0.5) is 0 Å². The van der Waals surface area contributed by atoms with Gasteiger partial charge in [-0.05, 0) is 50.9 Å². The topological polar surface area (TPSA) is 48.9 Å². The summed E-state index contributed by atoms with van der Waals surface area (Å²) in [6.45, 7) is 10.8. The summed E-state index contributed by atoms with van der Waals surface area (Å²) >= 11 is 0. The van der Waals surface area contributed by atoms with E-state index in [1.165, 1.54) is 58.0 Å². The standard InChI is InChI=1S/C20H40N4O/c1-4-20(11-6-7-12-20)17-22-19(21-5-2)23-18-9-14-24(15-10-18)13-8-16-25-3/h18H,4-17H2,1-3H3,(H2,21,22,23). The zero-order chi connectivity index (χ0) is 18.0. The van der Waals surface area contributed by atoms with Gasteiger partial charge >= 0.3 is 0 Å². The van der Waals surface area contributed by atoms with E-state index in [0.717, 1.165) is 38.6 Å². The SMILES string of the molecule is CCNC(=NCC1(CC)CCCC1)NC1CCN(CCCOC)CC1. The molecule has 5 nitrogen and oxygen atoms in total. The van der Waals surface area contributed by atoms with Crippen LogP contribution >= 0.6 is 0 Å². The average molecular weight is 353 g/mol. The first kappa shape index (κ1) is 20.5. The maximum atomic E-state index is 5.16. The van der Waals surface area contributed by atoms with Crippen molar-refractivity contribution in [3.05, 3.63) is 0 Å². The van der Waals surface area contributed by atoms with Gasteiger partial charge < -0.3 is 20.3 Å². The van der Waals surface area contributed by atoms with Gasteiger partial charge in [0.15, 0.2) is 5.96 Å². The molecule has 25 heavy (non-hydrogen) atoms. The third-order valence-corrected chi connectivity index (χ3v) is 6.08. The lowest BCUT2D eigenvalue weighted by atomic mass is 9.84. The van der Waals surface area contributed by atoms with Crippen molar-refractivity contribution in [1.82, 2.24) is 15.5 Å². The number of ether oxygens (including phenoxy) is 1. The van der Waals surface area contributed by atoms with Crippen molar-refractivity contribution < 1.29 is 4.74 Å². The number of hydrogen-bond donors (Lipinski definition) is 2. The van der Waals surface area contributed by atoms with E-state index in [1.54, 1.807) is 7.11 Å². The molecule has 0 spiro atoms. The van der Waals surface area contributed by atoms with Crippen LogP contribution < -0.4 is 10.6 Å². The molecule has 5 heteroatoms. The van der Waals surface area contributed by atoms with E-state index in [0.29, 0.717) is 11.5 Å². The molecule has 0 amide bonds. The van der Waals surface area contributed by atoms with Gasteiger partial charge in [-0.3, -0.25) is 4.99 Å². The predicted molar refractivity (Wildman–Crippen MR) is 106 cm³/mol. The summed E-state index contributed by atoms with van der Waals surface area (Å²) in [5.74, 6) is 1.03. The molecule has 1 heterocycles.